The maximum atomic E-state index is 12.5. The number of hydrogen-bond donors (Lipinski definition) is 3. The number of hydrogen-bond acceptors (Lipinski definition) is 4. The molecule has 2 atom stereocenters. The Bertz CT molecular complexity index is 616. The molecule has 0 radical (unpaired) electrons. The number of para-hydroxylation sites is 1. The van der Waals surface area contributed by atoms with Crippen molar-refractivity contribution in [2.75, 3.05) is 19.0 Å². The molecule has 0 bridgehead atoms. The van der Waals surface area contributed by atoms with Crippen molar-refractivity contribution >= 4 is 23.5 Å². The molecule has 0 aromatic heterocycles. The Morgan fingerprint density at radius 1 is 1.45 bits per heavy atom. The molecule has 1 aromatic carbocycles. The molecule has 0 saturated heterocycles. The van der Waals surface area contributed by atoms with Crippen LogP contribution >= 0.6 is 0 Å². The summed E-state index contributed by atoms with van der Waals surface area (Å²) in [5, 5.41) is 14.5. The van der Waals surface area contributed by atoms with Gasteiger partial charge in [0.15, 0.2) is 5.54 Å². The highest BCUT2D eigenvalue weighted by Crippen LogP contribution is 2.32. The predicted octanol–water partition coefficient (Wildman–Crippen LogP) is 0.718. The Hall–Kier alpha value is -2.41. The summed E-state index contributed by atoms with van der Waals surface area (Å²) >= 11 is 0. The Morgan fingerprint density at radius 2 is 2.14 bits per heavy atom. The minimum atomic E-state index is -1.55. The van der Waals surface area contributed by atoms with Crippen molar-refractivity contribution < 1.29 is 24.2 Å². The highest BCUT2D eigenvalue weighted by Gasteiger charge is 2.39. The van der Waals surface area contributed by atoms with E-state index in [1.54, 1.807) is 24.3 Å². The predicted molar refractivity (Wildman–Crippen MR) is 78.5 cm³/mol. The number of carbonyl (C=O) groups excluding carboxylic acids is 2. The smallest absolute Gasteiger partial charge is 0.331 e. The molecule has 118 valence electrons. The summed E-state index contributed by atoms with van der Waals surface area (Å²) in [5.41, 5.74) is -0.304. The van der Waals surface area contributed by atoms with Gasteiger partial charge in [-0.25, -0.2) is 4.79 Å². The second kappa shape index (κ2) is 6.15. The van der Waals surface area contributed by atoms with E-state index in [0.717, 1.165) is 0 Å². The fraction of sp³-hybridized carbons (Fsp3) is 0.400. The molecular weight excluding hydrogens is 288 g/mol. The molecule has 2 rings (SSSR count). The van der Waals surface area contributed by atoms with E-state index in [9.17, 15) is 19.5 Å². The maximum Gasteiger partial charge on any atom is 0.331 e. The number of methoxy groups -OCH3 is 1. The molecule has 0 spiro atoms. The molecule has 0 fully saturated rings. The number of nitrogens with one attached hydrogen (secondary N) is 2. The van der Waals surface area contributed by atoms with E-state index in [4.69, 9.17) is 4.74 Å². The Kier molecular flexibility index (Phi) is 4.46. The van der Waals surface area contributed by atoms with Crippen LogP contribution in [0.5, 0.6) is 0 Å². The van der Waals surface area contributed by atoms with Gasteiger partial charge in [-0.2, -0.15) is 0 Å². The minimum Gasteiger partial charge on any atom is -0.479 e. The SMILES string of the molecule is COCC(C)(NC(=O)C1CC(=O)Nc2ccccc21)C(=O)O. The van der Waals surface area contributed by atoms with Crippen LogP contribution in [-0.2, 0) is 19.1 Å². The van der Waals surface area contributed by atoms with E-state index < -0.39 is 23.3 Å². The Balaban J connectivity index is 2.26. The number of carboxylic acids is 1. The zero-order valence-electron chi connectivity index (χ0n) is 12.4. The number of carbonyl (C=O) groups is 3. The third-order valence-electron chi connectivity index (χ3n) is 3.62. The van der Waals surface area contributed by atoms with Crippen LogP contribution in [0.1, 0.15) is 24.8 Å². The zero-order valence-corrected chi connectivity index (χ0v) is 12.4. The van der Waals surface area contributed by atoms with E-state index in [-0.39, 0.29) is 18.9 Å². The van der Waals surface area contributed by atoms with Gasteiger partial charge in [-0.3, -0.25) is 9.59 Å². The fourth-order valence-electron chi connectivity index (χ4n) is 2.44. The number of carboxylic acid groups (broad SMARTS) is 1. The summed E-state index contributed by atoms with van der Waals surface area (Å²) in [6, 6.07) is 6.97. The van der Waals surface area contributed by atoms with Gasteiger partial charge in [-0.05, 0) is 18.6 Å². The first-order chi connectivity index (χ1) is 10.4. The normalized spacial score (nSPS) is 19.5. The van der Waals surface area contributed by atoms with Crippen molar-refractivity contribution in [1.82, 2.24) is 5.32 Å². The topological polar surface area (TPSA) is 105 Å². The molecule has 7 heteroatoms. The number of anilines is 1. The number of rotatable bonds is 5. The number of ether oxygens (including phenoxy) is 1. The summed E-state index contributed by atoms with van der Waals surface area (Å²) in [6.07, 6.45) is -0.0223. The molecule has 1 aliphatic heterocycles. The quantitative estimate of drug-likeness (QED) is 0.743. The average Bonchev–Trinajstić information content (AvgIpc) is 2.46. The number of amides is 2. The number of benzene rings is 1. The van der Waals surface area contributed by atoms with Crippen LogP contribution in [0.2, 0.25) is 0 Å². The summed E-state index contributed by atoms with van der Waals surface area (Å²) in [4.78, 5) is 35.6. The van der Waals surface area contributed by atoms with Gasteiger partial charge in [0.25, 0.3) is 0 Å². The molecule has 22 heavy (non-hydrogen) atoms. The van der Waals surface area contributed by atoms with E-state index in [1.165, 1.54) is 14.0 Å². The first-order valence-electron chi connectivity index (χ1n) is 6.80. The molecule has 0 saturated carbocycles. The standard InChI is InChI=1S/C15H18N2O5/c1-15(8-22-2,14(20)21)17-13(19)10-7-12(18)16-11-6-4-3-5-9(10)11/h3-6,10H,7-8H2,1-2H3,(H,16,18)(H,17,19)(H,20,21). The maximum absolute atomic E-state index is 12.5. The van der Waals surface area contributed by atoms with Gasteiger partial charge in [0.1, 0.15) is 0 Å². The highest BCUT2D eigenvalue weighted by molar-refractivity contribution is 6.02. The fourth-order valence-corrected chi connectivity index (χ4v) is 2.44. The lowest BCUT2D eigenvalue weighted by Crippen LogP contribution is -2.56. The van der Waals surface area contributed by atoms with E-state index in [2.05, 4.69) is 10.6 Å². The number of fused-ring (bicyclic) bond motifs is 1. The Morgan fingerprint density at radius 3 is 2.77 bits per heavy atom. The molecule has 2 unspecified atom stereocenters. The van der Waals surface area contributed by atoms with Gasteiger partial charge >= 0.3 is 5.97 Å². The van der Waals surface area contributed by atoms with Crippen LogP contribution in [0.3, 0.4) is 0 Å². The minimum absolute atomic E-state index is 0.0223. The molecular formula is C15H18N2O5. The first-order valence-corrected chi connectivity index (χ1v) is 6.80. The van der Waals surface area contributed by atoms with Gasteiger partial charge in [0, 0.05) is 19.2 Å². The molecule has 0 aliphatic carbocycles. The monoisotopic (exact) mass is 306 g/mol. The van der Waals surface area contributed by atoms with Crippen molar-refractivity contribution in [3.63, 3.8) is 0 Å². The molecule has 1 aliphatic rings. The average molecular weight is 306 g/mol. The van der Waals surface area contributed by atoms with Gasteiger partial charge in [0.05, 0.1) is 12.5 Å². The van der Waals surface area contributed by atoms with Crippen molar-refractivity contribution in [3.8, 4) is 0 Å². The van der Waals surface area contributed by atoms with Crippen molar-refractivity contribution in [1.29, 1.82) is 0 Å². The molecule has 3 N–H and O–H groups in total. The molecule has 7 nitrogen and oxygen atoms in total. The molecule has 1 heterocycles. The van der Waals surface area contributed by atoms with Crippen LogP contribution in [-0.4, -0.2) is 42.1 Å². The van der Waals surface area contributed by atoms with Crippen LogP contribution in [0, 0.1) is 0 Å². The third kappa shape index (κ3) is 3.09. The summed E-state index contributed by atoms with van der Waals surface area (Å²) in [7, 11) is 1.36. The van der Waals surface area contributed by atoms with E-state index in [0.29, 0.717) is 11.3 Å². The van der Waals surface area contributed by atoms with Crippen molar-refractivity contribution in [3.05, 3.63) is 29.8 Å². The van der Waals surface area contributed by atoms with Gasteiger partial charge in [-0.15, -0.1) is 0 Å². The van der Waals surface area contributed by atoms with Crippen LogP contribution in [0.4, 0.5) is 5.69 Å². The summed E-state index contributed by atoms with van der Waals surface area (Å²) in [6.45, 7) is 1.19. The van der Waals surface area contributed by atoms with Crippen LogP contribution in [0.25, 0.3) is 0 Å². The first kappa shape index (κ1) is 16.0. The van der Waals surface area contributed by atoms with Crippen molar-refractivity contribution in [2.24, 2.45) is 0 Å². The summed E-state index contributed by atoms with van der Waals surface area (Å²) in [5.74, 6) is -2.71. The lowest BCUT2D eigenvalue weighted by atomic mass is 9.89. The highest BCUT2D eigenvalue weighted by atomic mass is 16.5. The lowest BCUT2D eigenvalue weighted by Gasteiger charge is -2.30. The molecule has 1 aromatic rings. The second-order valence-corrected chi connectivity index (χ2v) is 5.45. The molecule has 2 amide bonds. The number of aliphatic carboxylic acids is 1. The second-order valence-electron chi connectivity index (χ2n) is 5.45. The van der Waals surface area contributed by atoms with E-state index >= 15 is 0 Å². The van der Waals surface area contributed by atoms with Crippen LogP contribution in [0.15, 0.2) is 24.3 Å². The summed E-state index contributed by atoms with van der Waals surface area (Å²) < 4.78 is 4.87. The van der Waals surface area contributed by atoms with Gasteiger partial charge < -0.3 is 20.5 Å². The Labute approximate surface area is 127 Å². The van der Waals surface area contributed by atoms with E-state index in [1.807, 2.05) is 0 Å². The third-order valence-corrected chi connectivity index (χ3v) is 3.62. The van der Waals surface area contributed by atoms with Crippen molar-refractivity contribution in [2.45, 2.75) is 24.8 Å². The van der Waals surface area contributed by atoms with Crippen LogP contribution < -0.4 is 10.6 Å². The zero-order chi connectivity index (χ0) is 16.3. The van der Waals surface area contributed by atoms with Gasteiger partial charge in [-0.1, -0.05) is 18.2 Å². The lowest BCUT2D eigenvalue weighted by molar-refractivity contribution is -0.149. The largest absolute Gasteiger partial charge is 0.479 e. The van der Waals surface area contributed by atoms with Gasteiger partial charge in [0.2, 0.25) is 11.8 Å².